The summed E-state index contributed by atoms with van der Waals surface area (Å²) in [5.41, 5.74) is 0.153. The van der Waals surface area contributed by atoms with E-state index in [1.807, 2.05) is 0 Å². The number of alkyl halides is 2. The van der Waals surface area contributed by atoms with Gasteiger partial charge in [-0.1, -0.05) is 36.4 Å². The Morgan fingerprint density at radius 2 is 1.48 bits per heavy atom. The van der Waals surface area contributed by atoms with E-state index in [0.29, 0.717) is 6.26 Å². The number of carbonyl (C=O) groups excluding carboxylic acids is 2. The minimum Gasteiger partial charge on any atom is -0.459 e. The largest absolute Gasteiger partial charge is 0.459 e. The highest BCUT2D eigenvalue weighted by atomic mass is 32.2. The fourth-order valence-corrected chi connectivity index (χ4v) is 3.29. The van der Waals surface area contributed by atoms with Crippen molar-refractivity contribution < 1.29 is 45.2 Å². The number of ether oxygens (including phenoxy) is 3. The summed E-state index contributed by atoms with van der Waals surface area (Å²) >= 11 is 0. The maximum Gasteiger partial charge on any atom is 0.338 e. The van der Waals surface area contributed by atoms with E-state index in [9.17, 15) is 26.8 Å². The number of hydrogen-bond acceptors (Lipinski definition) is 8. The van der Waals surface area contributed by atoms with Gasteiger partial charge in [-0.05, 0) is 24.3 Å². The lowest BCUT2D eigenvalue weighted by Gasteiger charge is -2.23. The average molecular weight is 456 g/mol. The molecule has 1 heterocycles. The predicted octanol–water partition coefficient (Wildman–Crippen LogP) is 2.41. The molecular weight excluding hydrogens is 438 g/mol. The molecule has 0 unspecified atom stereocenters. The van der Waals surface area contributed by atoms with Gasteiger partial charge in [-0.15, -0.1) is 0 Å². The van der Waals surface area contributed by atoms with Gasteiger partial charge in [0.2, 0.25) is 12.4 Å². The zero-order valence-corrected chi connectivity index (χ0v) is 17.0. The Bertz CT molecular complexity index is 1030. The normalized spacial score (nSPS) is 22.6. The molecule has 0 bridgehead atoms. The Morgan fingerprint density at radius 1 is 0.968 bits per heavy atom. The molecule has 3 atom stereocenters. The highest BCUT2D eigenvalue weighted by molar-refractivity contribution is 7.86. The average Bonchev–Trinajstić information content (AvgIpc) is 2.95. The second kappa shape index (κ2) is 9.08. The first-order valence-corrected chi connectivity index (χ1v) is 10.8. The highest BCUT2D eigenvalue weighted by Gasteiger charge is 2.63. The van der Waals surface area contributed by atoms with Crippen LogP contribution < -0.4 is 0 Å². The number of hydrogen-bond donors (Lipinski definition) is 0. The van der Waals surface area contributed by atoms with Crippen LogP contribution in [0.25, 0.3) is 0 Å². The quantitative estimate of drug-likeness (QED) is 0.462. The smallest absolute Gasteiger partial charge is 0.338 e. The fraction of sp³-hybridized carbons (Fsp3) is 0.300. The van der Waals surface area contributed by atoms with Gasteiger partial charge < -0.3 is 14.2 Å². The van der Waals surface area contributed by atoms with Crippen molar-refractivity contribution in [2.45, 2.75) is 24.4 Å². The van der Waals surface area contributed by atoms with Crippen LogP contribution in [0.1, 0.15) is 20.7 Å². The third-order valence-corrected chi connectivity index (χ3v) is 4.75. The van der Waals surface area contributed by atoms with Crippen LogP contribution in [-0.2, 0) is 28.5 Å². The topological polar surface area (TPSA) is 105 Å². The van der Waals surface area contributed by atoms with Gasteiger partial charge in [-0.3, -0.25) is 0 Å². The summed E-state index contributed by atoms with van der Waals surface area (Å²) in [4.78, 5) is 24.4. The molecule has 1 aliphatic rings. The van der Waals surface area contributed by atoms with E-state index in [1.54, 1.807) is 24.3 Å². The van der Waals surface area contributed by atoms with Gasteiger partial charge in [-0.2, -0.15) is 17.2 Å². The van der Waals surface area contributed by atoms with E-state index in [2.05, 4.69) is 4.18 Å². The molecule has 0 saturated carbocycles. The van der Waals surface area contributed by atoms with Crippen LogP contribution in [0, 0.1) is 0 Å². The maximum absolute atomic E-state index is 14.8. The number of halogens is 2. The predicted molar refractivity (Wildman–Crippen MR) is 102 cm³/mol. The zero-order valence-electron chi connectivity index (χ0n) is 16.1. The van der Waals surface area contributed by atoms with Crippen molar-refractivity contribution >= 4 is 22.1 Å². The van der Waals surface area contributed by atoms with Crippen LogP contribution in [0.3, 0.4) is 0 Å². The van der Waals surface area contributed by atoms with Gasteiger partial charge in [0.05, 0.1) is 17.4 Å². The first kappa shape index (κ1) is 22.8. The van der Waals surface area contributed by atoms with E-state index in [4.69, 9.17) is 14.2 Å². The molecule has 11 heteroatoms. The maximum atomic E-state index is 14.8. The lowest BCUT2D eigenvalue weighted by atomic mass is 10.1. The molecule has 0 amide bonds. The van der Waals surface area contributed by atoms with Crippen molar-refractivity contribution in [2.24, 2.45) is 0 Å². The molecule has 3 rings (SSSR count). The lowest BCUT2D eigenvalue weighted by Crippen LogP contribution is -2.45. The van der Waals surface area contributed by atoms with Gasteiger partial charge in [0.1, 0.15) is 12.7 Å². The molecular formula is C20H18F2O8S. The van der Waals surface area contributed by atoms with Crippen LogP contribution >= 0.6 is 0 Å². The minimum absolute atomic E-state index is 0.00851. The van der Waals surface area contributed by atoms with E-state index >= 15 is 0 Å². The summed E-state index contributed by atoms with van der Waals surface area (Å²) in [7, 11) is -4.33. The lowest BCUT2D eigenvalue weighted by molar-refractivity contribution is -0.183. The van der Waals surface area contributed by atoms with Crippen LogP contribution in [0.5, 0.6) is 0 Å². The van der Waals surface area contributed by atoms with Gasteiger partial charge >= 0.3 is 17.9 Å². The van der Waals surface area contributed by atoms with Gasteiger partial charge in [-0.25, -0.2) is 13.8 Å². The van der Waals surface area contributed by atoms with Crippen molar-refractivity contribution in [2.75, 3.05) is 12.9 Å². The first-order valence-electron chi connectivity index (χ1n) is 8.97. The zero-order chi connectivity index (χ0) is 22.6. The fourth-order valence-electron chi connectivity index (χ4n) is 2.80. The van der Waals surface area contributed by atoms with Crippen LogP contribution in [0.2, 0.25) is 0 Å². The minimum atomic E-state index is -4.33. The summed E-state index contributed by atoms with van der Waals surface area (Å²) in [6.45, 7) is -0.736. The Balaban J connectivity index is 1.79. The van der Waals surface area contributed by atoms with Crippen molar-refractivity contribution in [3.63, 3.8) is 0 Å². The second-order valence-electron chi connectivity index (χ2n) is 6.64. The summed E-state index contributed by atoms with van der Waals surface area (Å²) in [6, 6.07) is 15.1. The molecule has 1 saturated heterocycles. The molecule has 2 aromatic carbocycles. The molecule has 166 valence electrons. The summed E-state index contributed by atoms with van der Waals surface area (Å²) in [6.07, 6.45) is -5.94. The first-order chi connectivity index (χ1) is 14.6. The van der Waals surface area contributed by atoms with Crippen molar-refractivity contribution in [1.29, 1.82) is 0 Å². The molecule has 1 fully saturated rings. The monoisotopic (exact) mass is 456 g/mol. The Labute approximate surface area is 176 Å². The molecule has 1 aliphatic heterocycles. The van der Waals surface area contributed by atoms with Crippen molar-refractivity contribution in [1.82, 2.24) is 0 Å². The van der Waals surface area contributed by atoms with E-state index in [-0.39, 0.29) is 11.1 Å². The van der Waals surface area contributed by atoms with E-state index < -0.39 is 53.1 Å². The Kier molecular flexibility index (Phi) is 6.68. The molecule has 31 heavy (non-hydrogen) atoms. The highest BCUT2D eigenvalue weighted by Crippen LogP contribution is 2.40. The standard InChI is InChI=1S/C20H18F2O8S/c1-31(25,26)30-19-20(21,22)16(29-18(24)14-10-6-3-7-11-14)15(28-19)12-27-17(23)13-8-4-2-5-9-13/h2-11,15-16,19H,12H2,1H3/t15-,16-,19-/m1/s1. The Hall–Kier alpha value is -2.89. The van der Waals surface area contributed by atoms with Crippen LogP contribution in [-0.4, -0.2) is 57.6 Å². The molecule has 0 radical (unpaired) electrons. The molecule has 0 aliphatic carbocycles. The second-order valence-corrected chi connectivity index (χ2v) is 8.24. The van der Waals surface area contributed by atoms with Crippen LogP contribution in [0.15, 0.2) is 60.7 Å². The number of esters is 2. The summed E-state index contributed by atoms with van der Waals surface area (Å²) in [5.74, 6) is -5.96. The van der Waals surface area contributed by atoms with Gasteiger partial charge in [0.15, 0.2) is 0 Å². The molecule has 0 spiro atoms. The third-order valence-electron chi connectivity index (χ3n) is 4.22. The van der Waals surface area contributed by atoms with Gasteiger partial charge in [0.25, 0.3) is 10.1 Å². The number of carbonyl (C=O) groups is 2. The third kappa shape index (κ3) is 5.63. The van der Waals surface area contributed by atoms with Crippen molar-refractivity contribution in [3.05, 3.63) is 71.8 Å². The SMILES string of the molecule is CS(=O)(=O)O[C@H]1O[C@H](COC(=O)c2ccccc2)[C@@H](OC(=O)c2ccccc2)C1(F)F. The van der Waals surface area contributed by atoms with Crippen molar-refractivity contribution in [3.8, 4) is 0 Å². The number of benzene rings is 2. The molecule has 0 N–H and O–H groups in total. The summed E-state index contributed by atoms with van der Waals surface area (Å²) < 4.78 is 71.6. The molecule has 8 nitrogen and oxygen atoms in total. The molecule has 0 aromatic heterocycles. The number of rotatable bonds is 7. The van der Waals surface area contributed by atoms with Gasteiger partial charge in [0, 0.05) is 0 Å². The Morgan fingerprint density at radius 3 is 2.00 bits per heavy atom. The van der Waals surface area contributed by atoms with Crippen LogP contribution in [0.4, 0.5) is 8.78 Å². The molecule has 2 aromatic rings. The summed E-state index contributed by atoms with van der Waals surface area (Å²) in [5, 5.41) is 0. The van der Waals surface area contributed by atoms with E-state index in [1.165, 1.54) is 36.4 Å². The van der Waals surface area contributed by atoms with E-state index in [0.717, 1.165) is 0 Å².